The Morgan fingerprint density at radius 2 is 1.85 bits per heavy atom. The van der Waals surface area contributed by atoms with Gasteiger partial charge in [-0.25, -0.2) is 4.98 Å². The molecule has 2 aromatic carbocycles. The molecule has 34 heavy (non-hydrogen) atoms. The Morgan fingerprint density at radius 1 is 1.12 bits per heavy atom. The average Bonchev–Trinajstić information content (AvgIpc) is 3.25. The molecule has 3 aromatic rings. The summed E-state index contributed by atoms with van der Waals surface area (Å²) in [6.07, 6.45) is 9.93. The SMILES string of the molecule is CSCCC(NC(=O)C12CC3CC(C1)CC(c1ccc(C)cc1)(C3)C2)c1nc2ccccc2[nH]1. The smallest absolute Gasteiger partial charge is 0.226 e. The van der Waals surface area contributed by atoms with Crippen molar-refractivity contribution in [3.05, 3.63) is 65.5 Å². The highest BCUT2D eigenvalue weighted by atomic mass is 32.2. The molecule has 0 saturated heterocycles. The van der Waals surface area contributed by atoms with Gasteiger partial charge in [0.15, 0.2) is 0 Å². The van der Waals surface area contributed by atoms with E-state index in [1.165, 1.54) is 30.4 Å². The van der Waals surface area contributed by atoms with Gasteiger partial charge in [0.2, 0.25) is 5.91 Å². The van der Waals surface area contributed by atoms with Crippen molar-refractivity contribution in [1.82, 2.24) is 15.3 Å². The molecule has 0 aliphatic heterocycles. The molecule has 2 N–H and O–H groups in total. The molecule has 3 unspecified atom stereocenters. The van der Waals surface area contributed by atoms with E-state index < -0.39 is 0 Å². The van der Waals surface area contributed by atoms with Crippen LogP contribution in [0.25, 0.3) is 11.0 Å². The second-order valence-corrected chi connectivity index (χ2v) is 12.3. The fourth-order valence-electron chi connectivity index (χ4n) is 7.73. The zero-order valence-corrected chi connectivity index (χ0v) is 21.1. The number of aromatic nitrogens is 2. The van der Waals surface area contributed by atoms with Crippen LogP contribution in [0.2, 0.25) is 0 Å². The fraction of sp³-hybridized carbons (Fsp3) is 0.517. The lowest BCUT2D eigenvalue weighted by Gasteiger charge is -2.61. The number of carbonyl (C=O) groups is 1. The molecule has 4 aliphatic rings. The van der Waals surface area contributed by atoms with Crippen molar-refractivity contribution in [1.29, 1.82) is 0 Å². The second-order valence-electron chi connectivity index (χ2n) is 11.3. The first kappa shape index (κ1) is 22.2. The lowest BCUT2D eigenvalue weighted by molar-refractivity contribution is -0.150. The molecule has 4 aliphatic carbocycles. The van der Waals surface area contributed by atoms with E-state index in [0.29, 0.717) is 11.8 Å². The van der Waals surface area contributed by atoms with E-state index in [4.69, 9.17) is 4.98 Å². The maximum absolute atomic E-state index is 14.1. The van der Waals surface area contributed by atoms with E-state index in [0.717, 1.165) is 48.3 Å². The lowest BCUT2D eigenvalue weighted by atomic mass is 9.42. The van der Waals surface area contributed by atoms with Gasteiger partial charge >= 0.3 is 0 Å². The lowest BCUT2D eigenvalue weighted by Crippen LogP contribution is -2.59. The van der Waals surface area contributed by atoms with Crippen LogP contribution in [0.1, 0.15) is 67.9 Å². The molecule has 0 radical (unpaired) electrons. The molecule has 178 valence electrons. The maximum atomic E-state index is 14.1. The predicted molar refractivity (Wildman–Crippen MR) is 140 cm³/mol. The highest BCUT2D eigenvalue weighted by molar-refractivity contribution is 7.98. The van der Waals surface area contributed by atoms with Crippen LogP contribution in [0, 0.1) is 24.2 Å². The molecule has 7 rings (SSSR count). The Kier molecular flexibility index (Phi) is 5.51. The number of benzene rings is 2. The molecule has 5 heteroatoms. The van der Waals surface area contributed by atoms with Crippen molar-refractivity contribution in [3.8, 4) is 0 Å². The molecular weight excluding hydrogens is 438 g/mol. The van der Waals surface area contributed by atoms with Crippen LogP contribution in [-0.2, 0) is 10.2 Å². The number of nitrogens with one attached hydrogen (secondary N) is 2. The largest absolute Gasteiger partial charge is 0.346 e. The minimum Gasteiger partial charge on any atom is -0.346 e. The van der Waals surface area contributed by atoms with Crippen molar-refractivity contribution in [2.75, 3.05) is 12.0 Å². The average molecular weight is 474 g/mol. The minimum atomic E-state index is -0.238. The van der Waals surface area contributed by atoms with Crippen LogP contribution in [-0.4, -0.2) is 27.9 Å². The van der Waals surface area contributed by atoms with Crippen molar-refractivity contribution < 1.29 is 4.79 Å². The number of imidazole rings is 1. The minimum absolute atomic E-state index is 0.0734. The summed E-state index contributed by atoms with van der Waals surface area (Å²) in [5, 5.41) is 3.52. The van der Waals surface area contributed by atoms with Gasteiger partial charge in [0.25, 0.3) is 0 Å². The van der Waals surface area contributed by atoms with Gasteiger partial charge in [0.05, 0.1) is 22.5 Å². The van der Waals surface area contributed by atoms with Crippen LogP contribution in [0.3, 0.4) is 0 Å². The highest BCUT2D eigenvalue weighted by Gasteiger charge is 2.61. The standard InChI is InChI=1S/C29H35N3OS/c1-19-7-9-22(10-8-19)28-14-20-13-21(15-28)17-29(16-20,18-28)27(33)32-25(11-12-34-2)26-30-23-5-3-4-6-24(23)31-26/h3-10,20-21,25H,11-18H2,1-2H3,(H,30,31)(H,32,33). The Labute approximate surface area is 206 Å². The number of thioether (sulfide) groups is 1. The van der Waals surface area contributed by atoms with Crippen molar-refractivity contribution in [2.45, 2.75) is 63.3 Å². The topological polar surface area (TPSA) is 57.8 Å². The van der Waals surface area contributed by atoms with Gasteiger partial charge in [-0.15, -0.1) is 0 Å². The van der Waals surface area contributed by atoms with Crippen molar-refractivity contribution >= 4 is 28.7 Å². The molecule has 3 atom stereocenters. The van der Waals surface area contributed by atoms with Crippen LogP contribution in [0.15, 0.2) is 48.5 Å². The number of hydrogen-bond donors (Lipinski definition) is 2. The first-order valence-electron chi connectivity index (χ1n) is 12.8. The number of nitrogens with zero attached hydrogens (tertiary/aromatic N) is 1. The van der Waals surface area contributed by atoms with Crippen LogP contribution in [0.5, 0.6) is 0 Å². The third-order valence-electron chi connectivity index (χ3n) is 8.86. The molecular formula is C29H35N3OS. The summed E-state index contributed by atoms with van der Waals surface area (Å²) in [7, 11) is 0. The Hall–Kier alpha value is -2.27. The zero-order chi connectivity index (χ0) is 23.3. The molecule has 4 saturated carbocycles. The van der Waals surface area contributed by atoms with Gasteiger partial charge in [-0.3, -0.25) is 4.79 Å². The summed E-state index contributed by atoms with van der Waals surface area (Å²) in [4.78, 5) is 22.5. The zero-order valence-electron chi connectivity index (χ0n) is 20.3. The van der Waals surface area contributed by atoms with Crippen molar-refractivity contribution in [2.24, 2.45) is 17.3 Å². The van der Waals surface area contributed by atoms with Gasteiger partial charge in [0.1, 0.15) is 5.82 Å². The van der Waals surface area contributed by atoms with Gasteiger partial charge in [-0.05, 0) is 98.8 Å². The van der Waals surface area contributed by atoms with E-state index in [1.807, 2.05) is 30.0 Å². The molecule has 1 heterocycles. The van der Waals surface area contributed by atoms with E-state index in [2.05, 4.69) is 53.8 Å². The Morgan fingerprint density at radius 3 is 2.56 bits per heavy atom. The van der Waals surface area contributed by atoms with Gasteiger partial charge in [0, 0.05) is 0 Å². The van der Waals surface area contributed by atoms with Crippen molar-refractivity contribution in [3.63, 3.8) is 0 Å². The molecule has 4 fully saturated rings. The normalized spacial score (nSPS) is 30.5. The molecule has 4 nitrogen and oxygen atoms in total. The van der Waals surface area contributed by atoms with Crippen LogP contribution >= 0.6 is 11.8 Å². The summed E-state index contributed by atoms with van der Waals surface area (Å²) in [5.74, 6) is 3.49. The Bertz CT molecular complexity index is 1150. The third kappa shape index (κ3) is 3.77. The van der Waals surface area contributed by atoms with E-state index in [-0.39, 0.29) is 22.8 Å². The number of amides is 1. The van der Waals surface area contributed by atoms with E-state index in [9.17, 15) is 4.79 Å². The van der Waals surface area contributed by atoms with E-state index >= 15 is 0 Å². The number of rotatable bonds is 7. The van der Waals surface area contributed by atoms with Gasteiger partial charge < -0.3 is 10.3 Å². The second kappa shape index (κ2) is 8.44. The summed E-state index contributed by atoms with van der Waals surface area (Å²) >= 11 is 1.82. The number of hydrogen-bond acceptors (Lipinski definition) is 3. The van der Waals surface area contributed by atoms with Crippen LogP contribution in [0.4, 0.5) is 0 Å². The maximum Gasteiger partial charge on any atom is 0.226 e. The number of H-pyrrole nitrogens is 1. The monoisotopic (exact) mass is 473 g/mol. The molecule has 0 spiro atoms. The first-order chi connectivity index (χ1) is 16.5. The number of para-hydroxylation sites is 2. The van der Waals surface area contributed by atoms with Gasteiger partial charge in [-0.2, -0.15) is 11.8 Å². The summed E-state index contributed by atoms with van der Waals surface area (Å²) in [5.41, 5.74) is 4.70. The number of aryl methyl sites for hydroxylation is 1. The first-order valence-corrected chi connectivity index (χ1v) is 14.2. The number of fused-ring (bicyclic) bond motifs is 1. The van der Waals surface area contributed by atoms with Crippen LogP contribution < -0.4 is 5.32 Å². The number of aromatic amines is 1. The predicted octanol–water partition coefficient (Wildman–Crippen LogP) is 6.32. The quantitative estimate of drug-likeness (QED) is 0.422. The fourth-order valence-corrected chi connectivity index (χ4v) is 8.21. The van der Waals surface area contributed by atoms with Gasteiger partial charge in [-0.1, -0.05) is 42.0 Å². The molecule has 1 aromatic heterocycles. The Balaban J connectivity index is 1.30. The summed E-state index contributed by atoms with van der Waals surface area (Å²) in [6.45, 7) is 2.16. The molecule has 4 bridgehead atoms. The number of carbonyl (C=O) groups excluding carboxylic acids is 1. The van der Waals surface area contributed by atoms with E-state index in [1.54, 1.807) is 0 Å². The summed E-state index contributed by atoms with van der Waals surface area (Å²) in [6, 6.07) is 17.2. The summed E-state index contributed by atoms with van der Waals surface area (Å²) < 4.78 is 0. The third-order valence-corrected chi connectivity index (χ3v) is 9.50. The highest BCUT2D eigenvalue weighted by Crippen LogP contribution is 2.65. The molecule has 1 amide bonds.